The molecule has 0 heterocycles. The van der Waals surface area contributed by atoms with Gasteiger partial charge in [-0.25, -0.2) is 0 Å². The molecule has 0 aliphatic heterocycles. The van der Waals surface area contributed by atoms with Crippen LogP contribution in [0.5, 0.6) is 0 Å². The third kappa shape index (κ3) is 6.19. The Balaban J connectivity index is 3.30. The molecule has 0 rings (SSSR count). The molecule has 0 saturated carbocycles. The van der Waals surface area contributed by atoms with Crippen molar-refractivity contribution in [2.75, 3.05) is 6.54 Å². The van der Waals surface area contributed by atoms with E-state index in [1.54, 1.807) is 0 Å². The van der Waals surface area contributed by atoms with Gasteiger partial charge in [0.25, 0.3) is 0 Å². The molecule has 0 aromatic heterocycles. The summed E-state index contributed by atoms with van der Waals surface area (Å²) in [5, 5.41) is 2.52. The van der Waals surface area contributed by atoms with Crippen LogP contribution in [0.15, 0.2) is 0 Å². The molecular formula is C6H10NO2Pb. The number of ketones is 1. The average Bonchev–Trinajstić information content (AvgIpc) is 1.85. The van der Waals surface area contributed by atoms with Crippen LogP contribution in [0.25, 0.3) is 0 Å². The van der Waals surface area contributed by atoms with E-state index in [-0.39, 0.29) is 18.2 Å². The summed E-state index contributed by atoms with van der Waals surface area (Å²) in [5.74, 6) is -0.00750. The van der Waals surface area contributed by atoms with E-state index in [2.05, 4.69) is 5.32 Å². The maximum absolute atomic E-state index is 10.7. The van der Waals surface area contributed by atoms with Gasteiger partial charge in [-0.15, -0.1) is 0 Å². The summed E-state index contributed by atoms with van der Waals surface area (Å²) in [6.45, 7) is 1.64. The van der Waals surface area contributed by atoms with E-state index in [4.69, 9.17) is 0 Å². The van der Waals surface area contributed by atoms with Crippen molar-refractivity contribution in [3.63, 3.8) is 0 Å². The molecule has 4 heteroatoms. The van der Waals surface area contributed by atoms with Crippen LogP contribution in [0, 0.1) is 0 Å². The molecule has 3 radical (unpaired) electrons. The van der Waals surface area contributed by atoms with Crippen molar-refractivity contribution >= 4 is 37.5 Å². The third-order valence-corrected chi connectivity index (χ3v) is 1.86. The Bertz CT molecular complexity index is 136. The first kappa shape index (κ1) is 10.1. The van der Waals surface area contributed by atoms with Crippen molar-refractivity contribution in [2.45, 2.75) is 17.3 Å². The van der Waals surface area contributed by atoms with Gasteiger partial charge >= 0.3 is 76.2 Å². The van der Waals surface area contributed by atoms with Gasteiger partial charge in [0.1, 0.15) is 0 Å². The van der Waals surface area contributed by atoms with Gasteiger partial charge in [0.05, 0.1) is 0 Å². The molecule has 0 aliphatic rings. The number of carbonyl (C=O) groups is 2. The number of rotatable bonds is 4. The molecule has 0 spiro atoms. The van der Waals surface area contributed by atoms with Crippen molar-refractivity contribution in [3.05, 3.63) is 0 Å². The Hall–Kier alpha value is 0.0621. The van der Waals surface area contributed by atoms with Crippen molar-refractivity contribution in [3.8, 4) is 0 Å². The quantitative estimate of drug-likeness (QED) is 0.715. The first-order chi connectivity index (χ1) is 4.66. The third-order valence-electron chi connectivity index (χ3n) is 0.887. The monoisotopic (exact) mass is 336 g/mol. The predicted molar refractivity (Wildman–Crippen MR) is 38.9 cm³/mol. The number of hydrogen-bond donors (Lipinski definition) is 1. The fourth-order valence-electron chi connectivity index (χ4n) is 0.425. The molecule has 1 N–H and O–H groups in total. The molecular weight excluding hydrogens is 325 g/mol. The summed E-state index contributed by atoms with van der Waals surface area (Å²) >= 11 is 1.04. The van der Waals surface area contributed by atoms with Crippen LogP contribution in [0.4, 0.5) is 0 Å². The summed E-state index contributed by atoms with van der Waals surface area (Å²) in [5.41, 5.74) is 0. The molecule has 3 nitrogen and oxygen atoms in total. The summed E-state index contributed by atoms with van der Waals surface area (Å²) < 4.78 is 0.962. The standard InChI is InChI=1S/C6H10NO2.Pb/c1-3-6(9)7-4-5(2)8;/h1,3-4H2,2H3,(H,7,9);. The zero-order valence-electron chi connectivity index (χ0n) is 5.94. The van der Waals surface area contributed by atoms with E-state index in [0.29, 0.717) is 6.42 Å². The molecule has 0 aromatic rings. The van der Waals surface area contributed by atoms with Crippen LogP contribution in [0.2, 0.25) is 3.98 Å². The van der Waals surface area contributed by atoms with Crippen LogP contribution in [0.3, 0.4) is 0 Å². The predicted octanol–water partition coefficient (Wildman–Crippen LogP) is -0.332. The van der Waals surface area contributed by atoms with E-state index in [9.17, 15) is 9.59 Å². The van der Waals surface area contributed by atoms with Gasteiger partial charge in [-0.3, -0.25) is 0 Å². The van der Waals surface area contributed by atoms with E-state index in [0.717, 1.165) is 29.7 Å². The molecule has 55 valence electrons. The number of amides is 1. The van der Waals surface area contributed by atoms with E-state index >= 15 is 0 Å². The SMILES string of the molecule is CC(=O)CNC(=O)C[CH2][Pb]. The van der Waals surface area contributed by atoms with Crippen LogP contribution < -0.4 is 5.32 Å². The molecule has 0 saturated heterocycles. The Morgan fingerprint density at radius 2 is 2.10 bits per heavy atom. The van der Waals surface area contributed by atoms with Crippen molar-refractivity contribution in [1.29, 1.82) is 0 Å². The average molecular weight is 335 g/mol. The Morgan fingerprint density at radius 1 is 1.50 bits per heavy atom. The number of hydrogen-bond acceptors (Lipinski definition) is 2. The zero-order valence-corrected chi connectivity index (χ0v) is 9.83. The minimum atomic E-state index is -0.00907. The van der Waals surface area contributed by atoms with Gasteiger partial charge in [-0.05, 0) is 0 Å². The van der Waals surface area contributed by atoms with Gasteiger partial charge in [0.2, 0.25) is 0 Å². The van der Waals surface area contributed by atoms with Gasteiger partial charge in [-0.2, -0.15) is 0 Å². The summed E-state index contributed by atoms with van der Waals surface area (Å²) in [7, 11) is 0. The molecule has 0 atom stereocenters. The first-order valence-electron chi connectivity index (χ1n) is 3.07. The minimum absolute atomic E-state index is 0.00157. The van der Waals surface area contributed by atoms with Crippen LogP contribution in [-0.4, -0.2) is 44.0 Å². The Kier molecular flexibility index (Phi) is 5.85. The van der Waals surface area contributed by atoms with Gasteiger partial charge in [-0.1, -0.05) is 0 Å². The topological polar surface area (TPSA) is 46.2 Å². The van der Waals surface area contributed by atoms with Crippen molar-refractivity contribution in [2.24, 2.45) is 0 Å². The zero-order chi connectivity index (χ0) is 7.98. The van der Waals surface area contributed by atoms with Gasteiger partial charge in [0.15, 0.2) is 0 Å². The van der Waals surface area contributed by atoms with Gasteiger partial charge < -0.3 is 0 Å². The molecule has 0 aliphatic carbocycles. The van der Waals surface area contributed by atoms with E-state index < -0.39 is 0 Å². The first-order valence-corrected chi connectivity index (χ1v) is 5.82. The second kappa shape index (κ2) is 5.82. The second-order valence-electron chi connectivity index (χ2n) is 1.98. The number of carbonyl (C=O) groups excluding carboxylic acids is 2. The fraction of sp³-hybridized carbons (Fsp3) is 0.667. The molecule has 1 amide bonds. The summed E-state index contributed by atoms with van der Waals surface area (Å²) in [4.78, 5) is 21.1. The Labute approximate surface area is 76.2 Å². The van der Waals surface area contributed by atoms with Crippen LogP contribution >= 0.6 is 0 Å². The van der Waals surface area contributed by atoms with Gasteiger partial charge in [0, 0.05) is 0 Å². The number of nitrogens with one attached hydrogen (secondary N) is 1. The number of Topliss-reactive ketones (excluding diaryl/α,β-unsaturated/α-hetero) is 1. The van der Waals surface area contributed by atoms with Crippen molar-refractivity contribution < 1.29 is 9.59 Å². The van der Waals surface area contributed by atoms with Crippen LogP contribution in [0.1, 0.15) is 13.3 Å². The second-order valence-corrected chi connectivity index (χ2v) is 3.92. The molecule has 0 unspecified atom stereocenters. The summed E-state index contributed by atoms with van der Waals surface area (Å²) in [6.07, 6.45) is 0.569. The molecule has 0 fully saturated rings. The fourth-order valence-corrected chi connectivity index (χ4v) is 1.31. The Morgan fingerprint density at radius 3 is 2.50 bits per heavy atom. The molecule has 0 bridgehead atoms. The van der Waals surface area contributed by atoms with E-state index in [1.807, 2.05) is 0 Å². The van der Waals surface area contributed by atoms with Crippen molar-refractivity contribution in [1.82, 2.24) is 5.32 Å². The normalized spacial score (nSPS) is 9.00. The molecule has 0 aromatic carbocycles. The van der Waals surface area contributed by atoms with E-state index in [1.165, 1.54) is 6.92 Å². The molecule has 10 heavy (non-hydrogen) atoms. The summed E-state index contributed by atoms with van der Waals surface area (Å²) in [6, 6.07) is 0. The van der Waals surface area contributed by atoms with Crippen LogP contribution in [-0.2, 0) is 9.59 Å². The maximum atomic E-state index is 10.7.